The fourth-order valence-corrected chi connectivity index (χ4v) is 2.84. The van der Waals surface area contributed by atoms with E-state index in [1.54, 1.807) is 30.3 Å². The highest BCUT2D eigenvalue weighted by Gasteiger charge is 2.14. The molecule has 0 bridgehead atoms. The van der Waals surface area contributed by atoms with E-state index in [4.69, 9.17) is 0 Å². The van der Waals surface area contributed by atoms with Gasteiger partial charge in [-0.25, -0.2) is 13.8 Å². The Bertz CT molecular complexity index is 1120. The first-order valence-corrected chi connectivity index (χ1v) is 7.00. The van der Waals surface area contributed by atoms with Crippen molar-refractivity contribution >= 4 is 21.8 Å². The molecule has 0 fully saturated rings. The molecule has 0 aliphatic heterocycles. The summed E-state index contributed by atoms with van der Waals surface area (Å²) in [6.07, 6.45) is 1.49. The van der Waals surface area contributed by atoms with Crippen LogP contribution in [0.3, 0.4) is 0 Å². The van der Waals surface area contributed by atoms with Crippen molar-refractivity contribution in [2.24, 2.45) is 0 Å². The number of hydrogen-bond acceptors (Lipinski definition) is 2. The molecule has 0 saturated carbocycles. The fourth-order valence-electron chi connectivity index (χ4n) is 2.84. The Kier molecular flexibility index (Phi) is 2.94. The van der Waals surface area contributed by atoms with Crippen LogP contribution in [0.4, 0.5) is 8.78 Å². The molecule has 0 unspecified atom stereocenters. The molecular weight excluding hydrogens is 298 g/mol. The molecule has 0 saturated heterocycles. The number of benzene rings is 2. The molecule has 2 aromatic heterocycles. The van der Waals surface area contributed by atoms with Gasteiger partial charge in [0.25, 0.3) is 5.56 Å². The SMILES string of the molecule is O=c1[nH]c2nccc(-c3ccc(F)cc3F)c2c2ccccc12. The van der Waals surface area contributed by atoms with Crippen LogP contribution in [-0.2, 0) is 0 Å². The van der Waals surface area contributed by atoms with Gasteiger partial charge in [0.15, 0.2) is 0 Å². The standard InChI is InChI=1S/C18H10F2N2O/c19-10-5-6-11(15(20)9-10)13-7-8-21-17-16(13)12-3-1-2-4-14(12)18(23)22-17/h1-9H,(H,21,22,23). The third kappa shape index (κ3) is 2.09. The molecule has 2 heterocycles. The van der Waals surface area contributed by atoms with Gasteiger partial charge < -0.3 is 4.98 Å². The molecule has 2 aromatic carbocycles. The lowest BCUT2D eigenvalue weighted by Gasteiger charge is -2.10. The van der Waals surface area contributed by atoms with Crippen molar-refractivity contribution in [1.29, 1.82) is 0 Å². The Morgan fingerprint density at radius 3 is 2.48 bits per heavy atom. The van der Waals surface area contributed by atoms with E-state index < -0.39 is 11.6 Å². The lowest BCUT2D eigenvalue weighted by atomic mass is 9.98. The Hall–Kier alpha value is -3.08. The minimum atomic E-state index is -0.659. The molecule has 3 nitrogen and oxygen atoms in total. The second kappa shape index (κ2) is 4.98. The molecule has 0 amide bonds. The van der Waals surface area contributed by atoms with E-state index in [9.17, 15) is 13.6 Å². The normalized spacial score (nSPS) is 11.2. The summed E-state index contributed by atoms with van der Waals surface area (Å²) in [6.45, 7) is 0. The van der Waals surface area contributed by atoms with Crippen LogP contribution in [0.15, 0.2) is 59.5 Å². The molecule has 0 spiro atoms. The second-order valence-corrected chi connectivity index (χ2v) is 5.21. The smallest absolute Gasteiger partial charge is 0.257 e. The summed E-state index contributed by atoms with van der Waals surface area (Å²) >= 11 is 0. The van der Waals surface area contributed by atoms with Gasteiger partial charge in [-0.3, -0.25) is 4.79 Å². The number of fused-ring (bicyclic) bond motifs is 3. The highest BCUT2D eigenvalue weighted by atomic mass is 19.1. The zero-order valence-electron chi connectivity index (χ0n) is 11.8. The van der Waals surface area contributed by atoms with Gasteiger partial charge in [-0.2, -0.15) is 0 Å². The van der Waals surface area contributed by atoms with Crippen molar-refractivity contribution in [3.05, 3.63) is 76.7 Å². The largest absolute Gasteiger partial charge is 0.306 e. The molecule has 1 N–H and O–H groups in total. The highest BCUT2D eigenvalue weighted by molar-refractivity contribution is 6.11. The van der Waals surface area contributed by atoms with Crippen LogP contribution >= 0.6 is 0 Å². The number of H-pyrrole nitrogens is 1. The van der Waals surface area contributed by atoms with Gasteiger partial charge in [0.05, 0.1) is 0 Å². The number of nitrogens with zero attached hydrogens (tertiary/aromatic N) is 1. The molecule has 23 heavy (non-hydrogen) atoms. The van der Waals surface area contributed by atoms with Gasteiger partial charge in [-0.1, -0.05) is 18.2 Å². The molecule has 112 valence electrons. The van der Waals surface area contributed by atoms with Crippen molar-refractivity contribution in [2.45, 2.75) is 0 Å². The zero-order chi connectivity index (χ0) is 16.0. The van der Waals surface area contributed by atoms with E-state index in [1.165, 1.54) is 18.3 Å². The first kappa shape index (κ1) is 13.6. The lowest BCUT2D eigenvalue weighted by molar-refractivity contribution is 0.585. The van der Waals surface area contributed by atoms with Crippen LogP contribution in [0.2, 0.25) is 0 Å². The Labute approximate surface area is 129 Å². The number of rotatable bonds is 1. The maximum absolute atomic E-state index is 14.2. The number of pyridine rings is 2. The minimum absolute atomic E-state index is 0.252. The van der Waals surface area contributed by atoms with Crippen LogP contribution in [0.5, 0.6) is 0 Å². The number of nitrogens with one attached hydrogen (secondary N) is 1. The predicted octanol–water partition coefficient (Wildman–Crippen LogP) is 4.02. The van der Waals surface area contributed by atoms with Crippen LogP contribution in [0.1, 0.15) is 0 Å². The van der Waals surface area contributed by atoms with Crippen molar-refractivity contribution in [3.8, 4) is 11.1 Å². The monoisotopic (exact) mass is 308 g/mol. The van der Waals surface area contributed by atoms with Gasteiger partial charge in [-0.15, -0.1) is 0 Å². The summed E-state index contributed by atoms with van der Waals surface area (Å²) in [6, 6.07) is 12.2. The summed E-state index contributed by atoms with van der Waals surface area (Å²) in [4.78, 5) is 19.0. The molecule has 5 heteroatoms. The number of hydrogen-bond donors (Lipinski definition) is 1. The van der Waals surface area contributed by atoms with Crippen molar-refractivity contribution in [3.63, 3.8) is 0 Å². The Morgan fingerprint density at radius 2 is 1.70 bits per heavy atom. The van der Waals surface area contributed by atoms with Gasteiger partial charge >= 0.3 is 0 Å². The van der Waals surface area contributed by atoms with Crippen LogP contribution in [0, 0.1) is 11.6 Å². The molecule has 0 atom stereocenters. The topological polar surface area (TPSA) is 45.8 Å². The van der Waals surface area contributed by atoms with Crippen molar-refractivity contribution < 1.29 is 8.78 Å². The van der Waals surface area contributed by atoms with Gasteiger partial charge in [0.2, 0.25) is 0 Å². The quantitative estimate of drug-likeness (QED) is 0.540. The first-order valence-electron chi connectivity index (χ1n) is 7.00. The Balaban J connectivity index is 2.20. The summed E-state index contributed by atoms with van der Waals surface area (Å²) in [5.41, 5.74) is 0.934. The van der Waals surface area contributed by atoms with Gasteiger partial charge in [0, 0.05) is 28.6 Å². The predicted molar refractivity (Wildman–Crippen MR) is 85.2 cm³/mol. The lowest BCUT2D eigenvalue weighted by Crippen LogP contribution is -2.07. The van der Waals surface area contributed by atoms with Gasteiger partial charge in [-0.05, 0) is 35.2 Å². The first-order chi connectivity index (χ1) is 11.1. The summed E-state index contributed by atoms with van der Waals surface area (Å²) < 4.78 is 27.4. The van der Waals surface area contributed by atoms with Crippen molar-refractivity contribution in [1.82, 2.24) is 9.97 Å². The molecule has 0 radical (unpaired) electrons. The highest BCUT2D eigenvalue weighted by Crippen LogP contribution is 2.32. The van der Waals surface area contributed by atoms with E-state index in [-0.39, 0.29) is 11.1 Å². The summed E-state index contributed by atoms with van der Waals surface area (Å²) in [5.74, 6) is -1.30. The maximum atomic E-state index is 14.2. The van der Waals surface area contributed by atoms with Crippen molar-refractivity contribution in [2.75, 3.05) is 0 Å². The fraction of sp³-hybridized carbons (Fsp3) is 0. The number of aromatic amines is 1. The zero-order valence-corrected chi connectivity index (χ0v) is 11.8. The second-order valence-electron chi connectivity index (χ2n) is 5.21. The van der Waals surface area contributed by atoms with E-state index in [1.807, 2.05) is 0 Å². The average molecular weight is 308 g/mol. The van der Waals surface area contributed by atoms with Crippen LogP contribution in [0.25, 0.3) is 32.9 Å². The Morgan fingerprint density at radius 1 is 0.913 bits per heavy atom. The van der Waals surface area contributed by atoms with E-state index in [0.717, 1.165) is 6.07 Å². The van der Waals surface area contributed by atoms with Crippen LogP contribution < -0.4 is 5.56 Å². The third-order valence-electron chi connectivity index (χ3n) is 3.85. The number of aromatic nitrogens is 2. The summed E-state index contributed by atoms with van der Waals surface area (Å²) in [7, 11) is 0. The van der Waals surface area contributed by atoms with E-state index >= 15 is 0 Å². The molecule has 4 aromatic rings. The van der Waals surface area contributed by atoms with Crippen LogP contribution in [-0.4, -0.2) is 9.97 Å². The van der Waals surface area contributed by atoms with Gasteiger partial charge in [0.1, 0.15) is 17.3 Å². The molecule has 4 rings (SSSR count). The third-order valence-corrected chi connectivity index (χ3v) is 3.85. The molecule has 0 aliphatic rings. The minimum Gasteiger partial charge on any atom is -0.306 e. The summed E-state index contributed by atoms with van der Waals surface area (Å²) in [5, 5.41) is 1.81. The van der Waals surface area contributed by atoms with E-state index in [2.05, 4.69) is 9.97 Å². The molecular formula is C18H10F2N2O. The molecule has 0 aliphatic carbocycles. The number of halogens is 2. The maximum Gasteiger partial charge on any atom is 0.257 e. The average Bonchev–Trinajstić information content (AvgIpc) is 2.55. The van der Waals surface area contributed by atoms with E-state index in [0.29, 0.717) is 27.4 Å².